The van der Waals surface area contributed by atoms with Crippen LogP contribution in [0, 0.1) is 0 Å². The highest BCUT2D eigenvalue weighted by Crippen LogP contribution is 2.33. The zero-order valence-electron chi connectivity index (χ0n) is 5.84. The van der Waals surface area contributed by atoms with Gasteiger partial charge in [0.25, 0.3) is 0 Å². The van der Waals surface area contributed by atoms with E-state index in [1.54, 1.807) is 0 Å². The largest absolute Gasteiger partial charge is 0.395 e. The van der Waals surface area contributed by atoms with E-state index in [2.05, 4.69) is 6.92 Å². The van der Waals surface area contributed by atoms with E-state index in [-0.39, 0.29) is 0 Å². The van der Waals surface area contributed by atoms with Crippen LogP contribution < -0.4 is 0 Å². The average molecular weight is 146 g/mol. The van der Waals surface area contributed by atoms with Crippen LogP contribution in [0.2, 0.25) is 0 Å². The van der Waals surface area contributed by atoms with E-state index in [0.717, 1.165) is 5.25 Å². The van der Waals surface area contributed by atoms with Crippen molar-refractivity contribution in [2.75, 3.05) is 6.61 Å². The lowest BCUT2D eigenvalue weighted by atomic mass is 10.00. The molecule has 1 aliphatic rings. The number of rotatable bonds is 3. The Morgan fingerprint density at radius 3 is 2.67 bits per heavy atom. The summed E-state index contributed by atoms with van der Waals surface area (Å²) in [5.41, 5.74) is 0. The highest BCUT2D eigenvalue weighted by atomic mass is 32.2. The lowest BCUT2D eigenvalue weighted by Crippen LogP contribution is -2.18. The Morgan fingerprint density at radius 2 is 2.33 bits per heavy atom. The fraction of sp³-hybridized carbons (Fsp3) is 1.00. The number of thioether (sulfide) groups is 1. The van der Waals surface area contributed by atoms with Gasteiger partial charge in [-0.05, 0) is 12.8 Å². The van der Waals surface area contributed by atoms with Gasteiger partial charge in [-0.25, -0.2) is 0 Å². The third kappa shape index (κ3) is 2.18. The molecule has 1 atom stereocenters. The molecule has 54 valence electrons. The van der Waals surface area contributed by atoms with Crippen LogP contribution in [0.1, 0.15) is 26.2 Å². The fourth-order valence-corrected chi connectivity index (χ4v) is 2.23. The van der Waals surface area contributed by atoms with Gasteiger partial charge in [0.2, 0.25) is 0 Å². The molecule has 1 N–H and O–H groups in total. The minimum atomic E-state index is 0.334. The Kier molecular flexibility index (Phi) is 2.86. The van der Waals surface area contributed by atoms with E-state index < -0.39 is 0 Å². The Balaban J connectivity index is 2.01. The summed E-state index contributed by atoms with van der Waals surface area (Å²) in [7, 11) is 0. The maximum atomic E-state index is 8.68. The first-order chi connectivity index (χ1) is 4.33. The van der Waals surface area contributed by atoms with Gasteiger partial charge in [-0.1, -0.05) is 13.3 Å². The van der Waals surface area contributed by atoms with E-state index in [9.17, 15) is 0 Å². The molecule has 1 fully saturated rings. The Labute approximate surface area is 60.8 Å². The molecule has 1 saturated carbocycles. The summed E-state index contributed by atoms with van der Waals surface area (Å²) in [5.74, 6) is 0. The molecule has 0 heterocycles. The molecule has 0 aromatic heterocycles. The lowest BCUT2D eigenvalue weighted by Gasteiger charge is -2.26. The first-order valence-corrected chi connectivity index (χ1v) is 4.53. The van der Waals surface area contributed by atoms with E-state index in [1.807, 2.05) is 11.8 Å². The monoisotopic (exact) mass is 146 g/mol. The molecule has 0 saturated heterocycles. The van der Waals surface area contributed by atoms with Crippen molar-refractivity contribution < 1.29 is 5.11 Å². The zero-order chi connectivity index (χ0) is 6.69. The van der Waals surface area contributed by atoms with Crippen molar-refractivity contribution in [1.82, 2.24) is 0 Å². The number of hydrogen-bond donors (Lipinski definition) is 1. The summed E-state index contributed by atoms with van der Waals surface area (Å²) in [6, 6.07) is 0. The molecule has 0 amide bonds. The summed E-state index contributed by atoms with van der Waals surface area (Å²) < 4.78 is 0. The van der Waals surface area contributed by atoms with Crippen LogP contribution in [-0.2, 0) is 0 Å². The molecule has 2 heteroatoms. The van der Waals surface area contributed by atoms with Crippen molar-refractivity contribution >= 4 is 11.8 Å². The van der Waals surface area contributed by atoms with Gasteiger partial charge in [-0.15, -0.1) is 0 Å². The van der Waals surface area contributed by atoms with Gasteiger partial charge in [0.15, 0.2) is 0 Å². The van der Waals surface area contributed by atoms with Gasteiger partial charge in [0.1, 0.15) is 0 Å². The highest BCUT2D eigenvalue weighted by Gasteiger charge is 2.19. The Hall–Kier alpha value is 0.310. The van der Waals surface area contributed by atoms with Crippen LogP contribution in [-0.4, -0.2) is 22.2 Å². The Morgan fingerprint density at radius 1 is 1.67 bits per heavy atom. The van der Waals surface area contributed by atoms with Crippen molar-refractivity contribution in [1.29, 1.82) is 0 Å². The summed E-state index contributed by atoms with van der Waals surface area (Å²) >= 11 is 1.94. The molecule has 0 aromatic rings. The third-order valence-corrected chi connectivity index (χ3v) is 3.20. The minimum absolute atomic E-state index is 0.334. The standard InChI is InChI=1S/C7H14OS/c1-6(5-8)9-7-3-2-4-7/h6-8H,2-5H2,1H3. The summed E-state index contributed by atoms with van der Waals surface area (Å²) in [4.78, 5) is 0. The molecule has 0 radical (unpaired) electrons. The van der Waals surface area contributed by atoms with Crippen molar-refractivity contribution in [2.45, 2.75) is 36.7 Å². The molecule has 1 unspecified atom stereocenters. The first-order valence-electron chi connectivity index (χ1n) is 3.59. The van der Waals surface area contributed by atoms with E-state index in [0.29, 0.717) is 11.9 Å². The van der Waals surface area contributed by atoms with Gasteiger partial charge in [0.05, 0.1) is 6.61 Å². The molecule has 1 nitrogen and oxygen atoms in total. The predicted molar refractivity (Wildman–Crippen MR) is 41.8 cm³/mol. The van der Waals surface area contributed by atoms with Crippen molar-refractivity contribution in [2.24, 2.45) is 0 Å². The maximum Gasteiger partial charge on any atom is 0.0547 e. The lowest BCUT2D eigenvalue weighted by molar-refractivity contribution is 0.299. The molecule has 0 aliphatic heterocycles. The van der Waals surface area contributed by atoms with Gasteiger partial charge < -0.3 is 5.11 Å². The fourth-order valence-electron chi connectivity index (χ4n) is 0.878. The second-order valence-electron chi connectivity index (χ2n) is 2.68. The average Bonchev–Trinajstić information content (AvgIpc) is 1.78. The van der Waals surface area contributed by atoms with E-state index in [1.165, 1.54) is 19.3 Å². The summed E-state index contributed by atoms with van der Waals surface area (Å²) in [5, 5.41) is 10.0. The maximum absolute atomic E-state index is 8.68. The molecule has 1 rings (SSSR count). The number of aliphatic hydroxyl groups is 1. The quantitative estimate of drug-likeness (QED) is 0.653. The predicted octanol–water partition coefficient (Wildman–Crippen LogP) is 1.65. The topological polar surface area (TPSA) is 20.2 Å². The summed E-state index contributed by atoms with van der Waals surface area (Å²) in [6.45, 7) is 2.42. The third-order valence-electron chi connectivity index (χ3n) is 1.73. The van der Waals surface area contributed by atoms with Crippen LogP contribution in [0.25, 0.3) is 0 Å². The molecule has 1 aliphatic carbocycles. The molecular weight excluding hydrogens is 132 g/mol. The Bertz CT molecular complexity index is 78.2. The SMILES string of the molecule is CC(CO)SC1CCC1. The number of aliphatic hydroxyl groups excluding tert-OH is 1. The van der Waals surface area contributed by atoms with Crippen molar-refractivity contribution in [3.63, 3.8) is 0 Å². The van der Waals surface area contributed by atoms with E-state index >= 15 is 0 Å². The smallest absolute Gasteiger partial charge is 0.0547 e. The molecular formula is C7H14OS. The van der Waals surface area contributed by atoms with Crippen LogP contribution in [0.15, 0.2) is 0 Å². The van der Waals surface area contributed by atoms with Crippen LogP contribution in [0.4, 0.5) is 0 Å². The van der Waals surface area contributed by atoms with Gasteiger partial charge in [0, 0.05) is 10.5 Å². The van der Waals surface area contributed by atoms with Crippen LogP contribution in [0.3, 0.4) is 0 Å². The molecule has 9 heavy (non-hydrogen) atoms. The first kappa shape index (κ1) is 7.42. The second-order valence-corrected chi connectivity index (χ2v) is 4.43. The van der Waals surface area contributed by atoms with Crippen LogP contribution in [0.5, 0.6) is 0 Å². The van der Waals surface area contributed by atoms with Gasteiger partial charge in [-0.3, -0.25) is 0 Å². The molecule has 0 aromatic carbocycles. The highest BCUT2D eigenvalue weighted by molar-refractivity contribution is 8.00. The number of hydrogen-bond acceptors (Lipinski definition) is 2. The second kappa shape index (κ2) is 3.47. The minimum Gasteiger partial charge on any atom is -0.395 e. The normalized spacial score (nSPS) is 23.3. The zero-order valence-corrected chi connectivity index (χ0v) is 6.66. The van der Waals surface area contributed by atoms with Gasteiger partial charge >= 0.3 is 0 Å². The molecule has 0 bridgehead atoms. The summed E-state index contributed by atoms with van der Waals surface area (Å²) in [6.07, 6.45) is 4.14. The molecule has 0 spiro atoms. The van der Waals surface area contributed by atoms with Crippen molar-refractivity contribution in [3.8, 4) is 0 Å². The van der Waals surface area contributed by atoms with Gasteiger partial charge in [-0.2, -0.15) is 11.8 Å². The van der Waals surface area contributed by atoms with Crippen molar-refractivity contribution in [3.05, 3.63) is 0 Å². The van der Waals surface area contributed by atoms with Crippen LogP contribution >= 0.6 is 11.8 Å². The van der Waals surface area contributed by atoms with E-state index in [4.69, 9.17) is 5.11 Å².